The highest BCUT2D eigenvalue weighted by molar-refractivity contribution is 7.90. The number of carbonyl (C=O) groups is 1. The number of hydrogen-bond acceptors (Lipinski definition) is 5. The first kappa shape index (κ1) is 24.1. The number of halogens is 1. The lowest BCUT2D eigenvalue weighted by Gasteiger charge is -2.34. The number of piperidine rings is 1. The summed E-state index contributed by atoms with van der Waals surface area (Å²) < 4.78 is 43.4. The summed E-state index contributed by atoms with van der Waals surface area (Å²) in [6, 6.07) is 12.8. The molecule has 1 aromatic heterocycles. The lowest BCUT2D eigenvalue weighted by Crippen LogP contribution is -2.38. The Morgan fingerprint density at radius 1 is 1.15 bits per heavy atom. The number of fused-ring (bicyclic) bond motifs is 1. The first-order valence-electron chi connectivity index (χ1n) is 11.4. The van der Waals surface area contributed by atoms with Crippen LogP contribution in [0.5, 0.6) is 0 Å². The van der Waals surface area contributed by atoms with Gasteiger partial charge in [0.15, 0.2) is 5.78 Å². The van der Waals surface area contributed by atoms with Crippen LogP contribution in [-0.2, 0) is 10.0 Å². The molecule has 0 atom stereocenters. The molecule has 0 unspecified atom stereocenters. The van der Waals surface area contributed by atoms with Crippen molar-refractivity contribution in [2.45, 2.75) is 56.9 Å². The van der Waals surface area contributed by atoms with Crippen molar-refractivity contribution in [1.82, 2.24) is 8.87 Å². The monoisotopic (exact) mass is 481 g/mol. The average molecular weight is 482 g/mol. The Kier molecular flexibility index (Phi) is 6.61. The zero-order valence-electron chi connectivity index (χ0n) is 19.6. The topological polar surface area (TPSA) is 83.2 Å². The highest BCUT2D eigenvalue weighted by Crippen LogP contribution is 2.35. The number of rotatable bonds is 6. The van der Waals surface area contributed by atoms with Crippen LogP contribution in [0.1, 0.15) is 60.6 Å². The molecule has 1 fully saturated rings. The highest BCUT2D eigenvalue weighted by atomic mass is 32.2. The summed E-state index contributed by atoms with van der Waals surface area (Å²) in [7, 11) is -4.19. The highest BCUT2D eigenvalue weighted by Gasteiger charge is 2.29. The lowest BCUT2D eigenvalue weighted by molar-refractivity contribution is 0.0992. The van der Waals surface area contributed by atoms with E-state index in [0.717, 1.165) is 35.5 Å². The summed E-state index contributed by atoms with van der Waals surface area (Å²) in [5.74, 6) is -1.08. The Morgan fingerprint density at radius 2 is 1.79 bits per heavy atom. The van der Waals surface area contributed by atoms with Crippen molar-refractivity contribution in [3.63, 3.8) is 0 Å². The van der Waals surface area contributed by atoms with E-state index in [2.05, 4.69) is 18.7 Å². The fourth-order valence-electron chi connectivity index (χ4n) is 4.69. The van der Waals surface area contributed by atoms with E-state index >= 15 is 4.39 Å². The van der Waals surface area contributed by atoms with Crippen LogP contribution < -0.4 is 0 Å². The molecule has 1 aliphatic rings. The maximum atomic E-state index is 15.4. The van der Waals surface area contributed by atoms with Crippen molar-refractivity contribution < 1.29 is 17.6 Å². The summed E-state index contributed by atoms with van der Waals surface area (Å²) in [6.07, 6.45) is 1.15. The van der Waals surface area contributed by atoms with Gasteiger partial charge in [0.2, 0.25) is 0 Å². The van der Waals surface area contributed by atoms with Crippen LogP contribution in [0, 0.1) is 24.1 Å². The smallest absolute Gasteiger partial charge is 0.268 e. The second-order valence-corrected chi connectivity index (χ2v) is 11.0. The van der Waals surface area contributed by atoms with Crippen molar-refractivity contribution in [2.75, 3.05) is 13.1 Å². The molecule has 8 heteroatoms. The van der Waals surface area contributed by atoms with Crippen LogP contribution in [0.15, 0.2) is 47.4 Å². The number of likely N-dealkylation sites (tertiary alicyclic amines) is 1. The van der Waals surface area contributed by atoms with E-state index in [9.17, 15) is 13.2 Å². The zero-order valence-corrected chi connectivity index (χ0v) is 20.4. The molecule has 34 heavy (non-hydrogen) atoms. The first-order chi connectivity index (χ1) is 16.1. The Balaban J connectivity index is 1.84. The molecule has 0 amide bonds. The van der Waals surface area contributed by atoms with Crippen LogP contribution >= 0.6 is 0 Å². The molecule has 4 rings (SSSR count). The van der Waals surface area contributed by atoms with Crippen molar-refractivity contribution in [3.05, 3.63) is 65.1 Å². The van der Waals surface area contributed by atoms with Gasteiger partial charge in [0.25, 0.3) is 10.0 Å². The summed E-state index contributed by atoms with van der Waals surface area (Å²) in [6.45, 7) is 7.86. The third-order valence-corrected chi connectivity index (χ3v) is 8.40. The number of nitriles is 1. The predicted octanol–water partition coefficient (Wildman–Crippen LogP) is 5.01. The quantitative estimate of drug-likeness (QED) is 0.462. The van der Waals surface area contributed by atoms with E-state index in [1.165, 1.54) is 24.3 Å². The maximum absolute atomic E-state index is 15.4. The third-order valence-electron chi connectivity index (χ3n) is 6.66. The van der Waals surface area contributed by atoms with Crippen molar-refractivity contribution in [2.24, 2.45) is 0 Å². The number of benzene rings is 2. The molecule has 0 N–H and O–H groups in total. The number of nitrogens with zero attached hydrogens (tertiary/aromatic N) is 3. The molecule has 0 bridgehead atoms. The molecule has 3 aromatic rings. The van der Waals surface area contributed by atoms with Gasteiger partial charge in [0.05, 0.1) is 16.5 Å². The molecule has 0 radical (unpaired) electrons. The van der Waals surface area contributed by atoms with Crippen molar-refractivity contribution >= 4 is 26.7 Å². The van der Waals surface area contributed by atoms with Crippen LogP contribution in [0.2, 0.25) is 0 Å². The number of carbonyl (C=O) groups excluding carboxylic acids is 1. The van der Waals surface area contributed by atoms with Gasteiger partial charge in [-0.1, -0.05) is 17.7 Å². The minimum absolute atomic E-state index is 0.00727. The van der Waals surface area contributed by atoms with Gasteiger partial charge in [-0.3, -0.25) is 4.79 Å². The van der Waals surface area contributed by atoms with E-state index in [-0.39, 0.29) is 22.0 Å². The molecular formula is C26H28FN3O3S. The molecule has 178 valence electrons. The summed E-state index contributed by atoms with van der Waals surface area (Å²) in [5, 5.41) is 9.51. The second-order valence-electron chi connectivity index (χ2n) is 9.21. The predicted molar refractivity (Wildman–Crippen MR) is 129 cm³/mol. The second kappa shape index (κ2) is 9.32. The van der Waals surface area contributed by atoms with Gasteiger partial charge in [0, 0.05) is 11.4 Å². The van der Waals surface area contributed by atoms with Gasteiger partial charge in [-0.2, -0.15) is 5.26 Å². The molecule has 1 saturated heterocycles. The molecule has 2 heterocycles. The minimum Gasteiger partial charge on any atom is -0.301 e. The molecule has 0 aliphatic carbocycles. The number of ketones is 1. The zero-order chi connectivity index (χ0) is 24.6. The summed E-state index contributed by atoms with van der Waals surface area (Å²) in [5.41, 5.74) is 1.39. The Bertz CT molecular complexity index is 1380. The van der Waals surface area contributed by atoms with E-state index < -0.39 is 28.0 Å². The number of hydrogen-bond donors (Lipinski definition) is 0. The Morgan fingerprint density at radius 3 is 2.38 bits per heavy atom. The fourth-order valence-corrected chi connectivity index (χ4v) is 6.22. The van der Waals surface area contributed by atoms with Crippen LogP contribution in [0.3, 0.4) is 0 Å². The number of aromatic nitrogens is 1. The number of Topliss-reactive ketones (excluding diaryl/α,β-unsaturated/α-hetero) is 1. The van der Waals surface area contributed by atoms with E-state index in [1.54, 1.807) is 24.3 Å². The van der Waals surface area contributed by atoms with E-state index in [0.29, 0.717) is 17.0 Å². The van der Waals surface area contributed by atoms with Gasteiger partial charge < -0.3 is 4.90 Å². The maximum Gasteiger partial charge on any atom is 0.268 e. The standard InChI is InChI=1S/C26H28FN3O3S/c1-17(2)29-12-9-19(10-13-29)22-14-20-15-25(26(31)8-11-28)30(24(20)16-23(22)27)34(32,33)21-6-4-18(3)5-7-21/h4-7,14-17,19H,8-10,12-13H2,1-3H3. The molecule has 0 spiro atoms. The largest absolute Gasteiger partial charge is 0.301 e. The first-order valence-corrected chi connectivity index (χ1v) is 12.9. The molecule has 2 aromatic carbocycles. The SMILES string of the molecule is Cc1ccc(S(=O)(=O)n2c(C(=O)CC#N)cc3cc(C4CCN(C(C)C)CC4)c(F)cc32)cc1. The van der Waals surface area contributed by atoms with Gasteiger partial charge >= 0.3 is 0 Å². The fraction of sp³-hybridized carbons (Fsp3) is 0.385. The van der Waals surface area contributed by atoms with Gasteiger partial charge in [-0.15, -0.1) is 0 Å². The van der Waals surface area contributed by atoms with Gasteiger partial charge in [-0.25, -0.2) is 16.8 Å². The summed E-state index contributed by atoms with van der Waals surface area (Å²) >= 11 is 0. The number of aryl methyl sites for hydroxylation is 1. The Labute approximate surface area is 199 Å². The van der Waals surface area contributed by atoms with E-state index in [1.807, 2.05) is 6.92 Å². The van der Waals surface area contributed by atoms with Crippen molar-refractivity contribution in [3.8, 4) is 6.07 Å². The lowest BCUT2D eigenvalue weighted by atomic mass is 9.88. The molecule has 1 aliphatic heterocycles. The van der Waals surface area contributed by atoms with Crippen molar-refractivity contribution in [1.29, 1.82) is 5.26 Å². The molecule has 6 nitrogen and oxygen atoms in total. The van der Waals surface area contributed by atoms with E-state index in [4.69, 9.17) is 5.26 Å². The average Bonchev–Trinajstić information content (AvgIpc) is 3.18. The third kappa shape index (κ3) is 4.38. The minimum atomic E-state index is -4.19. The van der Waals surface area contributed by atoms with Crippen LogP contribution in [0.4, 0.5) is 4.39 Å². The Hall–Kier alpha value is -3.02. The van der Waals surface area contributed by atoms with Gasteiger partial charge in [-0.05, 0) is 88.5 Å². The summed E-state index contributed by atoms with van der Waals surface area (Å²) in [4.78, 5) is 15.1. The molecular weight excluding hydrogens is 453 g/mol. The van der Waals surface area contributed by atoms with Crippen LogP contribution in [-0.4, -0.2) is 42.2 Å². The van der Waals surface area contributed by atoms with Gasteiger partial charge in [0.1, 0.15) is 17.9 Å². The normalized spacial score (nSPS) is 15.6. The van der Waals surface area contributed by atoms with Crippen LogP contribution in [0.25, 0.3) is 10.9 Å². The molecule has 0 saturated carbocycles.